The van der Waals surface area contributed by atoms with Gasteiger partial charge in [-0.15, -0.1) is 0 Å². The normalized spacial score (nSPS) is 15.7. The molecular weight excluding hydrogens is 476 g/mol. The molecule has 1 amide bonds. The van der Waals surface area contributed by atoms with E-state index in [-0.39, 0.29) is 15.9 Å². The van der Waals surface area contributed by atoms with E-state index in [9.17, 15) is 13.2 Å². The van der Waals surface area contributed by atoms with Crippen LogP contribution in [0.25, 0.3) is 0 Å². The fourth-order valence-corrected chi connectivity index (χ4v) is 5.35. The topological polar surface area (TPSA) is 100 Å². The number of rotatable bonds is 7. The van der Waals surface area contributed by atoms with Crippen molar-refractivity contribution in [2.45, 2.75) is 24.2 Å². The zero-order valence-electron chi connectivity index (χ0n) is 20.5. The van der Waals surface area contributed by atoms with Crippen molar-refractivity contribution in [2.24, 2.45) is 5.10 Å². The average molecular weight is 505 g/mol. The molecule has 1 heterocycles. The first-order valence-electron chi connectivity index (χ1n) is 11.3. The van der Waals surface area contributed by atoms with Crippen LogP contribution in [0.2, 0.25) is 0 Å². The van der Waals surface area contributed by atoms with Crippen LogP contribution in [-0.2, 0) is 15.4 Å². The number of fused-ring (bicyclic) bond motifs is 1. The first-order valence-corrected chi connectivity index (χ1v) is 12.8. The summed E-state index contributed by atoms with van der Waals surface area (Å²) in [7, 11) is -0.366. The molecular formula is C27H28N4O4S. The Bertz CT molecular complexity index is 1440. The number of methoxy groups -OCH3 is 1. The van der Waals surface area contributed by atoms with E-state index in [0.29, 0.717) is 11.4 Å². The van der Waals surface area contributed by atoms with E-state index >= 15 is 0 Å². The lowest BCUT2D eigenvalue weighted by Crippen LogP contribution is -2.23. The number of hydrogen-bond donors (Lipinski definition) is 2. The molecule has 186 valence electrons. The predicted molar refractivity (Wildman–Crippen MR) is 142 cm³/mol. The van der Waals surface area contributed by atoms with Crippen molar-refractivity contribution in [3.8, 4) is 5.75 Å². The Labute approximate surface area is 211 Å². The lowest BCUT2D eigenvalue weighted by atomic mass is 9.84. The molecule has 0 aliphatic carbocycles. The van der Waals surface area contributed by atoms with Gasteiger partial charge in [-0.1, -0.05) is 38.1 Å². The number of anilines is 2. The summed E-state index contributed by atoms with van der Waals surface area (Å²) < 4.78 is 33.2. The van der Waals surface area contributed by atoms with Crippen LogP contribution in [0.1, 0.15) is 29.8 Å². The number of likely N-dealkylation sites (N-methyl/N-ethyl adjacent to an activating group) is 1. The highest BCUT2D eigenvalue weighted by Gasteiger charge is 2.37. The Morgan fingerprint density at radius 1 is 1.03 bits per heavy atom. The first kappa shape index (κ1) is 25.0. The zero-order valence-corrected chi connectivity index (χ0v) is 21.3. The highest BCUT2D eigenvalue weighted by molar-refractivity contribution is 7.92. The molecule has 0 spiro atoms. The van der Waals surface area contributed by atoms with Gasteiger partial charge in [0.2, 0.25) is 0 Å². The first-order chi connectivity index (χ1) is 17.1. The van der Waals surface area contributed by atoms with E-state index in [2.05, 4.69) is 46.1 Å². The Kier molecular flexibility index (Phi) is 6.85. The van der Waals surface area contributed by atoms with Gasteiger partial charge in [-0.3, -0.25) is 9.52 Å². The summed E-state index contributed by atoms with van der Waals surface area (Å²) in [4.78, 5) is 14.7. The number of sulfonamides is 1. The molecule has 0 aromatic heterocycles. The molecule has 4 rings (SSSR count). The number of hydrazone groups is 1. The number of para-hydroxylation sites is 1. The van der Waals surface area contributed by atoms with E-state index in [1.165, 1.54) is 43.2 Å². The largest absolute Gasteiger partial charge is 0.497 e. The number of nitrogens with zero attached hydrogens (tertiary/aromatic N) is 2. The maximum atomic E-state index is 12.8. The molecule has 8 nitrogen and oxygen atoms in total. The SMILES string of the molecule is COc1ccc(NS(=O)(=O)c2cccc(C(=O)NN=CC=C3N(C)c4ccccc4C3(C)C)c2)cc1. The maximum absolute atomic E-state index is 12.8. The molecule has 0 unspecified atom stereocenters. The van der Waals surface area contributed by atoms with Gasteiger partial charge >= 0.3 is 0 Å². The van der Waals surface area contributed by atoms with Crippen LogP contribution in [-0.4, -0.2) is 34.7 Å². The van der Waals surface area contributed by atoms with Crippen molar-refractivity contribution >= 4 is 33.5 Å². The fraction of sp³-hybridized carbons (Fsp3) is 0.185. The van der Waals surface area contributed by atoms with Crippen LogP contribution in [0.4, 0.5) is 11.4 Å². The van der Waals surface area contributed by atoms with Crippen LogP contribution in [0.15, 0.2) is 94.6 Å². The van der Waals surface area contributed by atoms with Crippen LogP contribution in [0.3, 0.4) is 0 Å². The third kappa shape index (κ3) is 4.96. The van der Waals surface area contributed by atoms with Crippen LogP contribution < -0.4 is 19.8 Å². The van der Waals surface area contributed by atoms with E-state index in [4.69, 9.17) is 4.74 Å². The Morgan fingerprint density at radius 3 is 2.44 bits per heavy atom. The van der Waals surface area contributed by atoms with Crippen molar-refractivity contribution in [1.82, 2.24) is 5.43 Å². The van der Waals surface area contributed by atoms with Gasteiger partial charge < -0.3 is 9.64 Å². The molecule has 0 bridgehead atoms. The monoisotopic (exact) mass is 504 g/mol. The van der Waals surface area contributed by atoms with Crippen LogP contribution in [0, 0.1) is 0 Å². The van der Waals surface area contributed by atoms with Crippen molar-refractivity contribution in [3.05, 3.63) is 95.7 Å². The highest BCUT2D eigenvalue weighted by Crippen LogP contribution is 2.46. The van der Waals surface area contributed by atoms with Crippen molar-refractivity contribution < 1.29 is 17.9 Å². The third-order valence-corrected chi connectivity index (χ3v) is 7.54. The molecule has 3 aromatic carbocycles. The Morgan fingerprint density at radius 2 is 1.75 bits per heavy atom. The number of amides is 1. The van der Waals surface area contributed by atoms with Gasteiger partial charge in [0.1, 0.15) is 5.75 Å². The predicted octanol–water partition coefficient (Wildman–Crippen LogP) is 4.52. The Hall–Kier alpha value is -4.11. The molecule has 2 N–H and O–H groups in total. The van der Waals surface area contributed by atoms with Crippen molar-refractivity contribution in [2.75, 3.05) is 23.8 Å². The number of benzene rings is 3. The van der Waals surface area contributed by atoms with E-state index in [1.54, 1.807) is 24.3 Å². The summed E-state index contributed by atoms with van der Waals surface area (Å²) in [5.41, 5.74) is 6.20. The summed E-state index contributed by atoms with van der Waals surface area (Å²) in [5, 5.41) is 4.05. The van der Waals surface area contributed by atoms with Gasteiger partial charge in [0.25, 0.3) is 15.9 Å². The number of allylic oxidation sites excluding steroid dienone is 2. The second-order valence-electron chi connectivity index (χ2n) is 8.83. The summed E-state index contributed by atoms with van der Waals surface area (Å²) >= 11 is 0. The summed E-state index contributed by atoms with van der Waals surface area (Å²) in [6.07, 6.45) is 3.39. The summed E-state index contributed by atoms with van der Waals surface area (Å²) in [6, 6.07) is 20.5. The molecule has 0 atom stereocenters. The number of carbonyl (C=O) groups is 1. The maximum Gasteiger partial charge on any atom is 0.271 e. The smallest absolute Gasteiger partial charge is 0.271 e. The second kappa shape index (κ2) is 9.87. The average Bonchev–Trinajstić information content (AvgIpc) is 3.07. The minimum Gasteiger partial charge on any atom is -0.497 e. The summed E-state index contributed by atoms with van der Waals surface area (Å²) in [6.45, 7) is 4.28. The molecule has 0 saturated carbocycles. The molecule has 0 fully saturated rings. The molecule has 0 saturated heterocycles. The molecule has 1 aliphatic rings. The molecule has 9 heteroatoms. The van der Waals surface area contributed by atoms with Crippen LogP contribution in [0.5, 0.6) is 5.75 Å². The minimum atomic E-state index is -3.89. The van der Waals surface area contributed by atoms with Crippen molar-refractivity contribution in [1.29, 1.82) is 0 Å². The quantitative estimate of drug-likeness (QED) is 0.364. The third-order valence-electron chi connectivity index (χ3n) is 6.16. The molecule has 0 radical (unpaired) electrons. The highest BCUT2D eigenvalue weighted by atomic mass is 32.2. The fourth-order valence-electron chi connectivity index (χ4n) is 4.25. The minimum absolute atomic E-state index is 0.0378. The number of hydrogen-bond acceptors (Lipinski definition) is 6. The number of ether oxygens (including phenoxy) is 1. The molecule has 36 heavy (non-hydrogen) atoms. The second-order valence-corrected chi connectivity index (χ2v) is 10.5. The van der Waals surface area contributed by atoms with Gasteiger partial charge in [-0.25, -0.2) is 13.8 Å². The summed E-state index contributed by atoms with van der Waals surface area (Å²) in [5.74, 6) is 0.0916. The van der Waals surface area contributed by atoms with E-state index in [1.807, 2.05) is 25.3 Å². The standard InChI is InChI=1S/C27H28N4O4S/c1-27(2)23-10-5-6-11-24(23)31(3)25(27)16-17-28-29-26(32)19-8-7-9-22(18-19)36(33,34)30-20-12-14-21(35-4)15-13-20/h5-18,30H,1-4H3,(H,29,32). The molecule has 3 aromatic rings. The van der Waals surface area contributed by atoms with E-state index < -0.39 is 15.9 Å². The lowest BCUT2D eigenvalue weighted by molar-refractivity contribution is 0.0955. The van der Waals surface area contributed by atoms with Gasteiger partial charge in [0.15, 0.2) is 0 Å². The lowest BCUT2D eigenvalue weighted by Gasteiger charge is -2.23. The number of nitrogens with one attached hydrogen (secondary N) is 2. The Balaban J connectivity index is 1.45. The van der Waals surface area contributed by atoms with Gasteiger partial charge in [-0.05, 0) is 60.2 Å². The zero-order chi connectivity index (χ0) is 25.9. The van der Waals surface area contributed by atoms with Gasteiger partial charge in [0, 0.05) is 41.3 Å². The van der Waals surface area contributed by atoms with Crippen molar-refractivity contribution in [3.63, 3.8) is 0 Å². The van der Waals surface area contributed by atoms with E-state index in [0.717, 1.165) is 11.4 Å². The van der Waals surface area contributed by atoms with Crippen LogP contribution >= 0.6 is 0 Å². The molecule has 1 aliphatic heterocycles. The van der Waals surface area contributed by atoms with Gasteiger partial charge in [0.05, 0.1) is 12.0 Å². The number of carbonyl (C=O) groups excluding carboxylic acids is 1. The van der Waals surface area contributed by atoms with Gasteiger partial charge in [-0.2, -0.15) is 5.10 Å².